The maximum absolute atomic E-state index is 12.4. The van der Waals surface area contributed by atoms with Crippen LogP contribution in [0.5, 0.6) is 5.75 Å². The van der Waals surface area contributed by atoms with Crippen molar-refractivity contribution in [3.8, 4) is 5.75 Å². The zero-order chi connectivity index (χ0) is 14.3. The zero-order valence-corrected chi connectivity index (χ0v) is 13.1. The van der Waals surface area contributed by atoms with Crippen molar-refractivity contribution in [1.82, 2.24) is 5.32 Å². The largest absolute Gasteiger partial charge is 0.497 e. The van der Waals surface area contributed by atoms with Crippen molar-refractivity contribution in [2.45, 2.75) is 38.1 Å². The third kappa shape index (κ3) is 5.33. The van der Waals surface area contributed by atoms with Crippen molar-refractivity contribution >= 4 is 10.8 Å². The second-order valence-electron chi connectivity index (χ2n) is 5.00. The molecule has 0 saturated heterocycles. The van der Waals surface area contributed by atoms with E-state index in [1.54, 1.807) is 7.11 Å². The number of benzene rings is 1. The van der Waals surface area contributed by atoms with E-state index in [1.165, 1.54) is 0 Å². The normalized spacial score (nSPS) is 14.4. The third-order valence-electron chi connectivity index (χ3n) is 3.10. The SMILES string of the molecule is CCCNC(CS(=O)c1cccc(OC)c1)C(C)C. The van der Waals surface area contributed by atoms with Crippen molar-refractivity contribution in [3.05, 3.63) is 24.3 Å². The van der Waals surface area contributed by atoms with Gasteiger partial charge in [-0.2, -0.15) is 0 Å². The van der Waals surface area contributed by atoms with Crippen molar-refractivity contribution in [2.24, 2.45) is 5.92 Å². The second-order valence-corrected chi connectivity index (χ2v) is 6.49. The summed E-state index contributed by atoms with van der Waals surface area (Å²) in [6.07, 6.45) is 1.09. The molecule has 4 heteroatoms. The molecule has 0 spiro atoms. The maximum Gasteiger partial charge on any atom is 0.120 e. The standard InChI is InChI=1S/C15H25NO2S/c1-5-9-16-15(12(2)3)11-19(17)14-8-6-7-13(10-14)18-4/h6-8,10,12,15-16H,5,9,11H2,1-4H3. The Hall–Kier alpha value is -0.870. The molecule has 0 fully saturated rings. The minimum absolute atomic E-state index is 0.284. The van der Waals surface area contributed by atoms with Gasteiger partial charge in [0.05, 0.1) is 17.9 Å². The van der Waals surface area contributed by atoms with Gasteiger partial charge in [0.25, 0.3) is 0 Å². The summed E-state index contributed by atoms with van der Waals surface area (Å²) in [5.41, 5.74) is 0. The van der Waals surface area contributed by atoms with Crippen LogP contribution in [0.2, 0.25) is 0 Å². The van der Waals surface area contributed by atoms with E-state index in [2.05, 4.69) is 26.1 Å². The average Bonchev–Trinajstić information content (AvgIpc) is 2.42. The Labute approximate surface area is 119 Å². The lowest BCUT2D eigenvalue weighted by Gasteiger charge is -2.21. The van der Waals surface area contributed by atoms with Crippen LogP contribution in [0, 0.1) is 5.92 Å². The number of hydrogen-bond acceptors (Lipinski definition) is 3. The highest BCUT2D eigenvalue weighted by molar-refractivity contribution is 7.85. The molecule has 1 aromatic carbocycles. The summed E-state index contributed by atoms with van der Waals surface area (Å²) in [5, 5.41) is 3.47. The highest BCUT2D eigenvalue weighted by Crippen LogP contribution is 2.17. The summed E-state index contributed by atoms with van der Waals surface area (Å²) in [4.78, 5) is 0.836. The van der Waals surface area contributed by atoms with E-state index in [0.717, 1.165) is 23.6 Å². The molecule has 19 heavy (non-hydrogen) atoms. The van der Waals surface area contributed by atoms with Gasteiger partial charge in [0, 0.05) is 16.7 Å². The summed E-state index contributed by atoms with van der Waals surface area (Å²) in [6.45, 7) is 7.44. The number of hydrogen-bond donors (Lipinski definition) is 1. The zero-order valence-electron chi connectivity index (χ0n) is 12.3. The Balaban J connectivity index is 2.69. The molecule has 0 radical (unpaired) electrons. The molecule has 108 valence electrons. The van der Waals surface area contributed by atoms with Gasteiger partial charge in [0.15, 0.2) is 0 Å². The van der Waals surface area contributed by atoms with Gasteiger partial charge in [-0.15, -0.1) is 0 Å². The highest BCUT2D eigenvalue weighted by atomic mass is 32.2. The van der Waals surface area contributed by atoms with Crippen LogP contribution in [-0.2, 0) is 10.8 Å². The number of nitrogens with one attached hydrogen (secondary N) is 1. The molecule has 0 aromatic heterocycles. The molecule has 3 nitrogen and oxygen atoms in total. The van der Waals surface area contributed by atoms with E-state index in [4.69, 9.17) is 4.74 Å². The fourth-order valence-corrected chi connectivity index (χ4v) is 3.32. The fourth-order valence-electron chi connectivity index (χ4n) is 1.82. The first-order valence-corrected chi connectivity index (χ1v) is 8.16. The molecule has 1 rings (SSSR count). The molecule has 0 aliphatic carbocycles. The highest BCUT2D eigenvalue weighted by Gasteiger charge is 2.17. The molecular formula is C15H25NO2S. The first-order valence-electron chi connectivity index (χ1n) is 6.84. The molecule has 1 aromatic rings. The van der Waals surface area contributed by atoms with E-state index in [9.17, 15) is 4.21 Å². The van der Waals surface area contributed by atoms with E-state index < -0.39 is 10.8 Å². The van der Waals surface area contributed by atoms with Crippen LogP contribution in [0.15, 0.2) is 29.2 Å². The van der Waals surface area contributed by atoms with Gasteiger partial charge >= 0.3 is 0 Å². The molecular weight excluding hydrogens is 258 g/mol. The molecule has 0 saturated carbocycles. The predicted molar refractivity (Wildman–Crippen MR) is 81.2 cm³/mol. The van der Waals surface area contributed by atoms with Gasteiger partial charge in [-0.1, -0.05) is 26.8 Å². The Morgan fingerprint density at radius 3 is 2.68 bits per heavy atom. The minimum atomic E-state index is -0.992. The summed E-state index contributed by atoms with van der Waals surface area (Å²) in [7, 11) is 0.635. The third-order valence-corrected chi connectivity index (χ3v) is 4.54. The van der Waals surface area contributed by atoms with Crippen LogP contribution < -0.4 is 10.1 Å². The Kier molecular flexibility index (Phi) is 7.10. The number of ether oxygens (including phenoxy) is 1. The van der Waals surface area contributed by atoms with Crippen LogP contribution in [0.3, 0.4) is 0 Å². The van der Waals surface area contributed by atoms with Crippen molar-refractivity contribution in [3.63, 3.8) is 0 Å². The van der Waals surface area contributed by atoms with E-state index in [1.807, 2.05) is 24.3 Å². The average molecular weight is 283 g/mol. The molecule has 2 unspecified atom stereocenters. The smallest absolute Gasteiger partial charge is 0.120 e. The van der Waals surface area contributed by atoms with Crippen LogP contribution >= 0.6 is 0 Å². The van der Waals surface area contributed by atoms with Gasteiger partial charge in [0.2, 0.25) is 0 Å². The van der Waals surface area contributed by atoms with E-state index in [-0.39, 0.29) is 6.04 Å². The minimum Gasteiger partial charge on any atom is -0.497 e. The van der Waals surface area contributed by atoms with Crippen LogP contribution in [0.25, 0.3) is 0 Å². The first-order chi connectivity index (χ1) is 9.08. The predicted octanol–water partition coefficient (Wildman–Crippen LogP) is 2.83. The molecule has 0 heterocycles. The lowest BCUT2D eigenvalue weighted by molar-refractivity contribution is 0.413. The molecule has 0 bridgehead atoms. The van der Waals surface area contributed by atoms with Crippen LogP contribution in [-0.4, -0.2) is 29.7 Å². The van der Waals surface area contributed by atoms with Gasteiger partial charge in [-0.05, 0) is 37.1 Å². The summed E-state index contributed by atoms with van der Waals surface area (Å²) >= 11 is 0. The fraction of sp³-hybridized carbons (Fsp3) is 0.600. The van der Waals surface area contributed by atoms with Crippen molar-refractivity contribution in [1.29, 1.82) is 0 Å². The molecule has 1 N–H and O–H groups in total. The quantitative estimate of drug-likeness (QED) is 0.797. The first kappa shape index (κ1) is 16.2. The Morgan fingerprint density at radius 2 is 2.11 bits per heavy atom. The van der Waals surface area contributed by atoms with Crippen LogP contribution in [0.1, 0.15) is 27.2 Å². The van der Waals surface area contributed by atoms with Gasteiger partial charge in [-0.3, -0.25) is 4.21 Å². The summed E-state index contributed by atoms with van der Waals surface area (Å²) in [5.74, 6) is 1.87. The molecule has 0 aliphatic heterocycles. The lowest BCUT2D eigenvalue weighted by Crippen LogP contribution is -2.38. The van der Waals surface area contributed by atoms with E-state index in [0.29, 0.717) is 11.7 Å². The molecule has 2 atom stereocenters. The molecule has 0 amide bonds. The van der Waals surface area contributed by atoms with Gasteiger partial charge in [-0.25, -0.2) is 0 Å². The van der Waals surface area contributed by atoms with Gasteiger partial charge in [0.1, 0.15) is 5.75 Å². The van der Waals surface area contributed by atoms with Gasteiger partial charge < -0.3 is 10.1 Å². The number of methoxy groups -OCH3 is 1. The van der Waals surface area contributed by atoms with Crippen LogP contribution in [0.4, 0.5) is 0 Å². The molecule has 0 aliphatic rings. The Morgan fingerprint density at radius 1 is 1.37 bits per heavy atom. The second kappa shape index (κ2) is 8.33. The summed E-state index contributed by atoms with van der Waals surface area (Å²) < 4.78 is 17.6. The van der Waals surface area contributed by atoms with E-state index >= 15 is 0 Å². The van der Waals surface area contributed by atoms with Crippen molar-refractivity contribution < 1.29 is 8.95 Å². The van der Waals surface area contributed by atoms with Crippen molar-refractivity contribution in [2.75, 3.05) is 19.4 Å². The number of rotatable bonds is 8. The Bertz CT molecular complexity index is 407. The maximum atomic E-state index is 12.4. The lowest BCUT2D eigenvalue weighted by atomic mass is 10.1. The summed E-state index contributed by atoms with van der Waals surface area (Å²) in [6, 6.07) is 7.79. The monoisotopic (exact) mass is 283 g/mol. The topological polar surface area (TPSA) is 38.3 Å².